The molecule has 0 saturated heterocycles. The van der Waals surface area contributed by atoms with Crippen LogP contribution in [0.25, 0.3) is 0 Å². The van der Waals surface area contributed by atoms with Gasteiger partial charge in [-0.3, -0.25) is 0 Å². The summed E-state index contributed by atoms with van der Waals surface area (Å²) in [6.07, 6.45) is 1.12. The zero-order valence-electron chi connectivity index (χ0n) is 15.5. The van der Waals surface area contributed by atoms with Crippen molar-refractivity contribution in [2.45, 2.75) is 40.0 Å². The third kappa shape index (κ3) is 3.85. The standard InChI is InChI=1S/C22H26ClNO/c1-15(2)24-13-12-20(22(3,4)5)19-14-18(10-11-21(19)24)25-17-8-6-16(23)7-9-17/h6-11,14,20H,1,12-13H2,2-5H3. The van der Waals surface area contributed by atoms with E-state index in [4.69, 9.17) is 16.3 Å². The average Bonchev–Trinajstić information content (AvgIpc) is 2.54. The molecule has 2 aromatic carbocycles. The molecule has 2 nitrogen and oxygen atoms in total. The maximum absolute atomic E-state index is 6.06. The molecule has 0 spiro atoms. The van der Waals surface area contributed by atoms with Crippen molar-refractivity contribution in [2.75, 3.05) is 11.4 Å². The van der Waals surface area contributed by atoms with Gasteiger partial charge >= 0.3 is 0 Å². The summed E-state index contributed by atoms with van der Waals surface area (Å²) in [5, 5.41) is 0.711. The Morgan fingerprint density at radius 2 is 1.76 bits per heavy atom. The number of halogens is 1. The first kappa shape index (κ1) is 17.9. The summed E-state index contributed by atoms with van der Waals surface area (Å²) >= 11 is 5.96. The van der Waals surface area contributed by atoms with E-state index in [9.17, 15) is 0 Å². The van der Waals surface area contributed by atoms with Crippen LogP contribution < -0.4 is 9.64 Å². The first-order valence-corrected chi connectivity index (χ1v) is 9.14. The molecule has 3 heteroatoms. The minimum atomic E-state index is 0.203. The quantitative estimate of drug-likeness (QED) is 0.587. The van der Waals surface area contributed by atoms with Crippen LogP contribution in [0.1, 0.15) is 45.6 Å². The molecule has 1 aliphatic heterocycles. The highest BCUT2D eigenvalue weighted by Crippen LogP contribution is 2.47. The second-order valence-corrected chi connectivity index (χ2v) is 8.31. The third-order valence-corrected chi connectivity index (χ3v) is 5.11. The molecule has 3 rings (SSSR count). The van der Waals surface area contributed by atoms with Crippen LogP contribution >= 0.6 is 11.6 Å². The van der Waals surface area contributed by atoms with Gasteiger partial charge in [0, 0.05) is 23.0 Å². The smallest absolute Gasteiger partial charge is 0.127 e. The van der Waals surface area contributed by atoms with Gasteiger partial charge in [0.15, 0.2) is 0 Å². The molecule has 2 aromatic rings. The highest BCUT2D eigenvalue weighted by molar-refractivity contribution is 6.30. The van der Waals surface area contributed by atoms with Crippen LogP contribution in [0.4, 0.5) is 5.69 Å². The first-order chi connectivity index (χ1) is 11.8. The summed E-state index contributed by atoms with van der Waals surface area (Å²) in [5.74, 6) is 2.15. The predicted molar refractivity (Wildman–Crippen MR) is 107 cm³/mol. The lowest BCUT2D eigenvalue weighted by atomic mass is 9.72. The molecule has 132 valence electrons. The van der Waals surface area contributed by atoms with Gasteiger partial charge in [-0.25, -0.2) is 0 Å². The number of benzene rings is 2. The summed E-state index contributed by atoms with van der Waals surface area (Å²) in [7, 11) is 0. The highest BCUT2D eigenvalue weighted by atomic mass is 35.5. The van der Waals surface area contributed by atoms with Crippen LogP contribution in [0, 0.1) is 5.41 Å². The third-order valence-electron chi connectivity index (χ3n) is 4.86. The lowest BCUT2D eigenvalue weighted by Crippen LogP contribution is -2.33. The maximum atomic E-state index is 6.06. The van der Waals surface area contributed by atoms with E-state index in [1.807, 2.05) is 30.3 Å². The Morgan fingerprint density at radius 3 is 2.36 bits per heavy atom. The predicted octanol–water partition coefficient (Wildman–Crippen LogP) is 7.01. The molecule has 1 aliphatic rings. The van der Waals surface area contributed by atoms with Crippen LogP contribution in [0.3, 0.4) is 0 Å². The summed E-state index contributed by atoms with van der Waals surface area (Å²) in [6, 6.07) is 13.9. The maximum Gasteiger partial charge on any atom is 0.127 e. The average molecular weight is 356 g/mol. The van der Waals surface area contributed by atoms with Gasteiger partial charge in [-0.1, -0.05) is 39.0 Å². The summed E-state index contributed by atoms with van der Waals surface area (Å²) in [6.45, 7) is 14.2. The minimum Gasteiger partial charge on any atom is -0.457 e. The highest BCUT2D eigenvalue weighted by Gasteiger charge is 2.33. The number of hydrogen-bond acceptors (Lipinski definition) is 2. The van der Waals surface area contributed by atoms with Crippen molar-refractivity contribution in [3.05, 3.63) is 65.3 Å². The monoisotopic (exact) mass is 355 g/mol. The number of anilines is 1. The SMILES string of the molecule is C=C(C)N1CCC(C(C)(C)C)c2cc(Oc3ccc(Cl)cc3)ccc21. The Hall–Kier alpha value is -1.93. The van der Waals surface area contributed by atoms with Gasteiger partial charge in [0.25, 0.3) is 0 Å². The normalized spacial score (nSPS) is 17.2. The fourth-order valence-electron chi connectivity index (χ4n) is 3.59. The zero-order valence-corrected chi connectivity index (χ0v) is 16.2. The fourth-order valence-corrected chi connectivity index (χ4v) is 3.72. The van der Waals surface area contributed by atoms with Gasteiger partial charge in [-0.15, -0.1) is 0 Å². The molecule has 0 aliphatic carbocycles. The number of nitrogens with zero attached hydrogens (tertiary/aromatic N) is 1. The molecule has 0 bridgehead atoms. The molecular weight excluding hydrogens is 330 g/mol. The second kappa shape index (κ2) is 6.76. The van der Waals surface area contributed by atoms with Crippen LogP contribution in [0.15, 0.2) is 54.7 Å². The Kier molecular flexibility index (Phi) is 4.83. The molecule has 0 fully saturated rings. The molecule has 1 atom stereocenters. The molecule has 1 heterocycles. The number of fused-ring (bicyclic) bond motifs is 1. The van der Waals surface area contributed by atoms with Crippen molar-refractivity contribution in [2.24, 2.45) is 5.41 Å². The topological polar surface area (TPSA) is 12.5 Å². The van der Waals surface area contributed by atoms with Crippen molar-refractivity contribution < 1.29 is 4.74 Å². The zero-order chi connectivity index (χ0) is 18.2. The van der Waals surface area contributed by atoms with Crippen LogP contribution in [-0.2, 0) is 0 Å². The van der Waals surface area contributed by atoms with E-state index in [1.54, 1.807) is 0 Å². The van der Waals surface area contributed by atoms with Crippen molar-refractivity contribution in [1.29, 1.82) is 0 Å². The molecule has 0 aromatic heterocycles. The van der Waals surface area contributed by atoms with Gasteiger partial charge in [0.1, 0.15) is 11.5 Å². The van der Waals surface area contributed by atoms with Crippen molar-refractivity contribution in [3.8, 4) is 11.5 Å². The van der Waals surface area contributed by atoms with Crippen molar-refractivity contribution in [3.63, 3.8) is 0 Å². The van der Waals surface area contributed by atoms with E-state index < -0.39 is 0 Å². The molecule has 0 N–H and O–H groups in total. The number of hydrogen-bond donors (Lipinski definition) is 0. The number of rotatable bonds is 3. The first-order valence-electron chi connectivity index (χ1n) is 8.76. The second-order valence-electron chi connectivity index (χ2n) is 7.87. The molecule has 0 radical (unpaired) electrons. The van der Waals surface area contributed by atoms with Crippen molar-refractivity contribution >= 4 is 17.3 Å². The van der Waals surface area contributed by atoms with E-state index in [0.717, 1.165) is 30.2 Å². The Morgan fingerprint density at radius 1 is 1.12 bits per heavy atom. The number of allylic oxidation sites excluding steroid dienone is 1. The molecular formula is C22H26ClNO. The Bertz CT molecular complexity index is 774. The fraction of sp³-hybridized carbons (Fsp3) is 0.364. The van der Waals surface area contributed by atoms with Crippen LogP contribution in [0.5, 0.6) is 11.5 Å². The molecule has 0 amide bonds. The van der Waals surface area contributed by atoms with Crippen LogP contribution in [0.2, 0.25) is 5.02 Å². The molecule has 1 unspecified atom stereocenters. The van der Waals surface area contributed by atoms with Gasteiger partial charge in [-0.2, -0.15) is 0 Å². The summed E-state index contributed by atoms with van der Waals surface area (Å²) in [5.41, 5.74) is 3.88. The van der Waals surface area contributed by atoms with E-state index in [1.165, 1.54) is 11.3 Å². The van der Waals surface area contributed by atoms with Crippen LogP contribution in [-0.4, -0.2) is 6.54 Å². The molecule has 25 heavy (non-hydrogen) atoms. The summed E-state index contributed by atoms with van der Waals surface area (Å²) < 4.78 is 6.06. The lowest BCUT2D eigenvalue weighted by Gasteiger charge is -2.41. The van der Waals surface area contributed by atoms with Gasteiger partial charge in [-0.05, 0) is 72.7 Å². The lowest BCUT2D eigenvalue weighted by molar-refractivity contribution is 0.300. The minimum absolute atomic E-state index is 0.203. The van der Waals surface area contributed by atoms with Gasteiger partial charge < -0.3 is 9.64 Å². The Labute approximate surface area is 156 Å². The largest absolute Gasteiger partial charge is 0.457 e. The van der Waals surface area contributed by atoms with E-state index in [-0.39, 0.29) is 5.41 Å². The van der Waals surface area contributed by atoms with E-state index in [0.29, 0.717) is 10.9 Å². The summed E-state index contributed by atoms with van der Waals surface area (Å²) in [4.78, 5) is 2.31. The van der Waals surface area contributed by atoms with Crippen molar-refractivity contribution in [1.82, 2.24) is 0 Å². The Balaban J connectivity index is 1.99. The number of ether oxygens (including phenoxy) is 1. The van der Waals surface area contributed by atoms with E-state index in [2.05, 4.69) is 51.3 Å². The van der Waals surface area contributed by atoms with Gasteiger partial charge in [0.2, 0.25) is 0 Å². The molecule has 0 saturated carbocycles. The van der Waals surface area contributed by atoms with E-state index >= 15 is 0 Å². The van der Waals surface area contributed by atoms with Gasteiger partial charge in [0.05, 0.1) is 0 Å².